The van der Waals surface area contributed by atoms with Gasteiger partial charge in [-0.05, 0) is 45.2 Å². The predicted octanol–water partition coefficient (Wildman–Crippen LogP) is 1.21. The van der Waals surface area contributed by atoms with Crippen LogP contribution >= 0.6 is 0 Å². The lowest BCUT2D eigenvalue weighted by Crippen LogP contribution is -2.41. The molecular formula is C12H26N2O. The summed E-state index contributed by atoms with van der Waals surface area (Å²) in [6.45, 7) is 7.84. The van der Waals surface area contributed by atoms with Gasteiger partial charge in [0.05, 0.1) is 5.60 Å². The van der Waals surface area contributed by atoms with Gasteiger partial charge in [0.1, 0.15) is 0 Å². The zero-order valence-electron chi connectivity index (χ0n) is 10.2. The van der Waals surface area contributed by atoms with Crippen LogP contribution in [0.2, 0.25) is 0 Å². The molecule has 1 heterocycles. The number of piperidine rings is 1. The van der Waals surface area contributed by atoms with E-state index in [0.29, 0.717) is 6.54 Å². The summed E-state index contributed by atoms with van der Waals surface area (Å²) in [6.07, 6.45) is 4.75. The van der Waals surface area contributed by atoms with Gasteiger partial charge in [-0.15, -0.1) is 0 Å². The summed E-state index contributed by atoms with van der Waals surface area (Å²) in [5, 5.41) is 9.80. The molecule has 1 atom stereocenters. The summed E-state index contributed by atoms with van der Waals surface area (Å²) in [7, 11) is 0. The van der Waals surface area contributed by atoms with E-state index in [-0.39, 0.29) is 0 Å². The molecule has 1 unspecified atom stereocenters. The first-order valence-electron chi connectivity index (χ1n) is 6.22. The third kappa shape index (κ3) is 4.49. The second-order valence-electron chi connectivity index (χ2n) is 5.14. The highest BCUT2D eigenvalue weighted by Crippen LogP contribution is 2.20. The van der Waals surface area contributed by atoms with E-state index in [2.05, 4.69) is 11.8 Å². The third-order valence-electron chi connectivity index (χ3n) is 3.69. The van der Waals surface area contributed by atoms with Crippen LogP contribution in [0, 0.1) is 5.92 Å². The molecule has 0 aromatic heterocycles. The van der Waals surface area contributed by atoms with Crippen molar-refractivity contribution in [2.45, 2.75) is 45.1 Å². The van der Waals surface area contributed by atoms with Crippen molar-refractivity contribution in [3.8, 4) is 0 Å². The molecule has 1 saturated heterocycles. The van der Waals surface area contributed by atoms with E-state index < -0.39 is 5.60 Å². The molecule has 0 spiro atoms. The van der Waals surface area contributed by atoms with Crippen LogP contribution in [-0.4, -0.2) is 41.8 Å². The Morgan fingerprint density at radius 3 is 2.47 bits per heavy atom. The van der Waals surface area contributed by atoms with Crippen LogP contribution in [0.5, 0.6) is 0 Å². The van der Waals surface area contributed by atoms with Gasteiger partial charge in [0.2, 0.25) is 0 Å². The molecule has 0 amide bonds. The lowest BCUT2D eigenvalue weighted by molar-refractivity contribution is 0.0427. The average molecular weight is 214 g/mol. The largest absolute Gasteiger partial charge is 0.389 e. The van der Waals surface area contributed by atoms with Gasteiger partial charge in [-0.25, -0.2) is 0 Å². The van der Waals surface area contributed by atoms with Gasteiger partial charge in [0, 0.05) is 13.1 Å². The molecule has 90 valence electrons. The Balaban J connectivity index is 2.19. The monoisotopic (exact) mass is 214 g/mol. The Morgan fingerprint density at radius 2 is 2.00 bits per heavy atom. The molecule has 0 radical (unpaired) electrons. The molecule has 0 bridgehead atoms. The van der Waals surface area contributed by atoms with Crippen LogP contribution in [0.25, 0.3) is 0 Å². The summed E-state index contributed by atoms with van der Waals surface area (Å²) >= 11 is 0. The summed E-state index contributed by atoms with van der Waals surface area (Å²) in [5.41, 5.74) is 4.82. The summed E-state index contributed by atoms with van der Waals surface area (Å²) in [4.78, 5) is 2.45. The summed E-state index contributed by atoms with van der Waals surface area (Å²) < 4.78 is 0. The van der Waals surface area contributed by atoms with Crippen molar-refractivity contribution >= 4 is 0 Å². The van der Waals surface area contributed by atoms with Gasteiger partial charge in [-0.3, -0.25) is 0 Å². The molecular weight excluding hydrogens is 188 g/mol. The van der Waals surface area contributed by atoms with Crippen molar-refractivity contribution < 1.29 is 5.11 Å². The standard InChI is InChI=1S/C12H26N2O/c1-3-11-4-7-14(8-5-11)9-6-12(2,15)10-13/h11,15H,3-10,13H2,1-2H3. The first-order chi connectivity index (χ1) is 7.07. The number of rotatable bonds is 5. The molecule has 0 aromatic carbocycles. The molecule has 15 heavy (non-hydrogen) atoms. The fourth-order valence-electron chi connectivity index (χ4n) is 2.12. The maximum atomic E-state index is 9.80. The minimum atomic E-state index is -0.679. The quantitative estimate of drug-likeness (QED) is 0.723. The maximum absolute atomic E-state index is 9.80. The number of hydrogen-bond donors (Lipinski definition) is 2. The maximum Gasteiger partial charge on any atom is 0.0753 e. The van der Waals surface area contributed by atoms with Crippen molar-refractivity contribution in [1.82, 2.24) is 4.90 Å². The lowest BCUT2D eigenvalue weighted by atomic mass is 9.93. The molecule has 0 aliphatic carbocycles. The Morgan fingerprint density at radius 1 is 1.40 bits per heavy atom. The SMILES string of the molecule is CCC1CCN(CCC(C)(O)CN)CC1. The molecule has 3 nitrogen and oxygen atoms in total. The fraction of sp³-hybridized carbons (Fsp3) is 1.00. The molecule has 3 heteroatoms. The van der Waals surface area contributed by atoms with Gasteiger partial charge < -0.3 is 15.7 Å². The van der Waals surface area contributed by atoms with E-state index in [1.165, 1.54) is 32.4 Å². The minimum Gasteiger partial charge on any atom is -0.389 e. The van der Waals surface area contributed by atoms with Gasteiger partial charge in [0.15, 0.2) is 0 Å². The van der Waals surface area contributed by atoms with E-state index in [9.17, 15) is 5.11 Å². The van der Waals surface area contributed by atoms with Gasteiger partial charge in [-0.1, -0.05) is 13.3 Å². The van der Waals surface area contributed by atoms with Crippen molar-refractivity contribution in [2.24, 2.45) is 11.7 Å². The van der Waals surface area contributed by atoms with E-state index in [0.717, 1.165) is 18.9 Å². The van der Waals surface area contributed by atoms with E-state index in [4.69, 9.17) is 5.73 Å². The van der Waals surface area contributed by atoms with Crippen molar-refractivity contribution in [3.05, 3.63) is 0 Å². The van der Waals surface area contributed by atoms with Crippen LogP contribution in [-0.2, 0) is 0 Å². The Kier molecular flexibility index (Phi) is 5.03. The first-order valence-corrected chi connectivity index (χ1v) is 6.22. The van der Waals surface area contributed by atoms with E-state index >= 15 is 0 Å². The highest BCUT2D eigenvalue weighted by molar-refractivity contribution is 4.77. The van der Waals surface area contributed by atoms with Crippen molar-refractivity contribution in [3.63, 3.8) is 0 Å². The highest BCUT2D eigenvalue weighted by atomic mass is 16.3. The number of nitrogens with zero attached hydrogens (tertiary/aromatic N) is 1. The number of nitrogens with two attached hydrogens (primary N) is 1. The number of likely N-dealkylation sites (tertiary alicyclic amines) is 1. The zero-order valence-corrected chi connectivity index (χ0v) is 10.2. The van der Waals surface area contributed by atoms with Gasteiger partial charge >= 0.3 is 0 Å². The molecule has 0 aromatic rings. The Labute approximate surface area is 93.6 Å². The van der Waals surface area contributed by atoms with Crippen LogP contribution in [0.1, 0.15) is 39.5 Å². The molecule has 1 rings (SSSR count). The Bertz CT molecular complexity index is 174. The van der Waals surface area contributed by atoms with Crippen LogP contribution < -0.4 is 5.73 Å². The van der Waals surface area contributed by atoms with Crippen molar-refractivity contribution in [1.29, 1.82) is 0 Å². The van der Waals surface area contributed by atoms with Gasteiger partial charge in [-0.2, -0.15) is 0 Å². The third-order valence-corrected chi connectivity index (χ3v) is 3.69. The number of hydrogen-bond acceptors (Lipinski definition) is 3. The fourth-order valence-corrected chi connectivity index (χ4v) is 2.12. The molecule has 1 aliphatic rings. The van der Waals surface area contributed by atoms with Crippen molar-refractivity contribution in [2.75, 3.05) is 26.2 Å². The normalized spacial score (nSPS) is 24.0. The number of aliphatic hydroxyl groups is 1. The van der Waals surface area contributed by atoms with Gasteiger partial charge in [0.25, 0.3) is 0 Å². The average Bonchev–Trinajstić information content (AvgIpc) is 2.27. The molecule has 3 N–H and O–H groups in total. The molecule has 1 aliphatic heterocycles. The summed E-state index contributed by atoms with van der Waals surface area (Å²) in [5.74, 6) is 0.927. The van der Waals surface area contributed by atoms with Crippen LogP contribution in [0.15, 0.2) is 0 Å². The Hall–Kier alpha value is -0.120. The topological polar surface area (TPSA) is 49.5 Å². The second kappa shape index (κ2) is 5.83. The lowest BCUT2D eigenvalue weighted by Gasteiger charge is -2.33. The first kappa shape index (κ1) is 12.9. The predicted molar refractivity (Wildman–Crippen MR) is 63.8 cm³/mol. The van der Waals surface area contributed by atoms with Crippen LogP contribution in [0.4, 0.5) is 0 Å². The summed E-state index contributed by atoms with van der Waals surface area (Å²) in [6, 6.07) is 0. The van der Waals surface area contributed by atoms with E-state index in [1.54, 1.807) is 0 Å². The molecule has 0 saturated carbocycles. The smallest absolute Gasteiger partial charge is 0.0753 e. The van der Waals surface area contributed by atoms with Crippen LogP contribution in [0.3, 0.4) is 0 Å². The second-order valence-corrected chi connectivity index (χ2v) is 5.14. The highest BCUT2D eigenvalue weighted by Gasteiger charge is 2.22. The zero-order chi connectivity index (χ0) is 11.3. The van der Waals surface area contributed by atoms with E-state index in [1.807, 2.05) is 6.92 Å². The minimum absolute atomic E-state index is 0.360. The molecule has 1 fully saturated rings.